The lowest BCUT2D eigenvalue weighted by Gasteiger charge is -2.02. The van der Waals surface area contributed by atoms with E-state index in [0.717, 1.165) is 5.69 Å². The molecule has 0 unspecified atom stereocenters. The van der Waals surface area contributed by atoms with Crippen molar-refractivity contribution < 1.29 is 14.3 Å². The molecule has 5 nitrogen and oxygen atoms in total. The molecular formula is C20H19ClN2O3. The summed E-state index contributed by atoms with van der Waals surface area (Å²) in [6.07, 6.45) is 1.90. The number of rotatable bonds is 7. The monoisotopic (exact) mass is 370 g/mol. The maximum absolute atomic E-state index is 12.0. The van der Waals surface area contributed by atoms with Crippen LogP contribution >= 0.6 is 11.6 Å². The molecule has 2 aromatic rings. The van der Waals surface area contributed by atoms with Crippen LogP contribution in [0.2, 0.25) is 5.02 Å². The lowest BCUT2D eigenvalue weighted by atomic mass is 10.1. The van der Waals surface area contributed by atoms with Crippen molar-refractivity contribution in [2.45, 2.75) is 19.8 Å². The van der Waals surface area contributed by atoms with Crippen LogP contribution in [0, 0.1) is 18.8 Å². The maximum Gasteiger partial charge on any atom is 0.221 e. The van der Waals surface area contributed by atoms with Gasteiger partial charge in [-0.2, -0.15) is 0 Å². The summed E-state index contributed by atoms with van der Waals surface area (Å²) < 4.78 is 5.40. The van der Waals surface area contributed by atoms with Crippen molar-refractivity contribution >= 4 is 23.3 Å². The molecule has 2 rings (SSSR count). The predicted octanol–water partition coefficient (Wildman–Crippen LogP) is 3.20. The normalized spacial score (nSPS) is 9.77. The van der Waals surface area contributed by atoms with Gasteiger partial charge >= 0.3 is 0 Å². The second-order valence-electron chi connectivity index (χ2n) is 5.48. The molecule has 1 amide bonds. The Morgan fingerprint density at radius 1 is 1.12 bits per heavy atom. The van der Waals surface area contributed by atoms with Crippen LogP contribution < -0.4 is 10.1 Å². The van der Waals surface area contributed by atoms with E-state index in [1.165, 1.54) is 0 Å². The molecule has 0 saturated carbocycles. The van der Waals surface area contributed by atoms with Gasteiger partial charge in [0.1, 0.15) is 12.4 Å². The van der Waals surface area contributed by atoms with Crippen molar-refractivity contribution in [1.82, 2.24) is 10.3 Å². The first kappa shape index (κ1) is 19.5. The number of hydrogen-bond donors (Lipinski definition) is 1. The Morgan fingerprint density at radius 2 is 1.88 bits per heavy atom. The van der Waals surface area contributed by atoms with Gasteiger partial charge in [0.15, 0.2) is 5.78 Å². The fourth-order valence-electron chi connectivity index (χ4n) is 2.01. The van der Waals surface area contributed by atoms with E-state index in [2.05, 4.69) is 22.1 Å². The lowest BCUT2D eigenvalue weighted by molar-refractivity contribution is -0.120. The minimum Gasteiger partial charge on any atom is -0.479 e. The molecule has 26 heavy (non-hydrogen) atoms. The second kappa shape index (κ2) is 10.2. The highest BCUT2D eigenvalue weighted by atomic mass is 35.5. The van der Waals surface area contributed by atoms with Crippen LogP contribution in [0.3, 0.4) is 0 Å². The molecule has 134 valence electrons. The number of aryl methyl sites for hydroxylation is 1. The third kappa shape index (κ3) is 6.96. The van der Waals surface area contributed by atoms with Crippen LogP contribution in [0.15, 0.2) is 42.6 Å². The standard InChI is InChI=1S/C20H19ClN2O3/c1-15-4-9-18(14-23-15)26-13-3-2-12-22-20(25)11-10-19(24)16-5-7-17(21)8-6-16/h4-9,14H,10-13H2,1H3,(H,22,25). The van der Waals surface area contributed by atoms with Gasteiger partial charge in [-0.15, -0.1) is 0 Å². The molecule has 0 aliphatic carbocycles. The SMILES string of the molecule is Cc1ccc(OCC#CCNC(=O)CCC(=O)c2ccc(Cl)cc2)cn1. The molecule has 0 fully saturated rings. The third-order valence-corrected chi connectivity index (χ3v) is 3.69. The number of halogens is 1. The summed E-state index contributed by atoms with van der Waals surface area (Å²) in [5.74, 6) is 5.94. The van der Waals surface area contributed by atoms with Gasteiger partial charge in [0.05, 0.1) is 12.7 Å². The Hall–Kier alpha value is -2.84. The Labute approximate surface area is 157 Å². The summed E-state index contributed by atoms with van der Waals surface area (Å²) in [7, 11) is 0. The zero-order chi connectivity index (χ0) is 18.8. The highest BCUT2D eigenvalue weighted by Gasteiger charge is 2.08. The summed E-state index contributed by atoms with van der Waals surface area (Å²) in [6.45, 7) is 2.33. The third-order valence-electron chi connectivity index (χ3n) is 3.44. The minimum absolute atomic E-state index is 0.0944. The Balaban J connectivity index is 1.62. The number of pyridine rings is 1. The van der Waals surface area contributed by atoms with Gasteiger partial charge in [0, 0.05) is 29.1 Å². The average molecular weight is 371 g/mol. The summed E-state index contributed by atoms with van der Waals surface area (Å²) in [5.41, 5.74) is 1.46. The summed E-state index contributed by atoms with van der Waals surface area (Å²) in [5, 5.41) is 3.22. The summed E-state index contributed by atoms with van der Waals surface area (Å²) >= 11 is 5.78. The molecule has 0 aliphatic heterocycles. The number of aromatic nitrogens is 1. The molecule has 1 aromatic heterocycles. The number of carbonyl (C=O) groups excluding carboxylic acids is 2. The molecule has 0 bridgehead atoms. The van der Waals surface area contributed by atoms with Gasteiger partial charge in [0.25, 0.3) is 0 Å². The molecule has 0 atom stereocenters. The second-order valence-corrected chi connectivity index (χ2v) is 5.92. The maximum atomic E-state index is 12.0. The van der Waals surface area contributed by atoms with Gasteiger partial charge in [-0.25, -0.2) is 0 Å². The molecule has 1 aromatic carbocycles. The number of carbonyl (C=O) groups is 2. The van der Waals surface area contributed by atoms with Gasteiger partial charge < -0.3 is 10.1 Å². The first-order valence-corrected chi connectivity index (χ1v) is 8.49. The van der Waals surface area contributed by atoms with E-state index in [4.69, 9.17) is 16.3 Å². The molecule has 1 N–H and O–H groups in total. The van der Waals surface area contributed by atoms with Crippen LogP contribution in [-0.2, 0) is 4.79 Å². The minimum atomic E-state index is -0.217. The van der Waals surface area contributed by atoms with Crippen LogP contribution in [0.1, 0.15) is 28.9 Å². The Bertz CT molecular complexity index is 806. The number of ether oxygens (including phenoxy) is 1. The van der Waals surface area contributed by atoms with Crippen molar-refractivity contribution in [1.29, 1.82) is 0 Å². The van der Waals surface area contributed by atoms with Crippen molar-refractivity contribution in [2.24, 2.45) is 0 Å². The van der Waals surface area contributed by atoms with Crippen molar-refractivity contribution in [3.05, 3.63) is 58.9 Å². The highest BCUT2D eigenvalue weighted by molar-refractivity contribution is 6.30. The van der Waals surface area contributed by atoms with E-state index < -0.39 is 0 Å². The van der Waals surface area contributed by atoms with Crippen LogP contribution in [-0.4, -0.2) is 29.8 Å². The topological polar surface area (TPSA) is 68.3 Å². The fraction of sp³-hybridized carbons (Fsp3) is 0.250. The van der Waals surface area contributed by atoms with E-state index in [9.17, 15) is 9.59 Å². The summed E-state index contributed by atoms with van der Waals surface area (Å²) in [6, 6.07) is 10.3. The van der Waals surface area contributed by atoms with Crippen LogP contribution in [0.4, 0.5) is 0 Å². The summed E-state index contributed by atoms with van der Waals surface area (Å²) in [4.78, 5) is 27.8. The largest absolute Gasteiger partial charge is 0.479 e. The zero-order valence-corrected chi connectivity index (χ0v) is 15.2. The first-order chi connectivity index (χ1) is 12.5. The molecular weight excluding hydrogens is 352 g/mol. The fourth-order valence-corrected chi connectivity index (χ4v) is 2.14. The number of nitrogens with one attached hydrogen (secondary N) is 1. The molecule has 0 radical (unpaired) electrons. The lowest BCUT2D eigenvalue weighted by Crippen LogP contribution is -2.24. The number of amides is 1. The molecule has 0 aliphatic rings. The predicted molar refractivity (Wildman–Crippen MR) is 100 cm³/mol. The van der Waals surface area contributed by atoms with Crippen LogP contribution in [0.25, 0.3) is 0 Å². The van der Waals surface area contributed by atoms with Crippen molar-refractivity contribution in [2.75, 3.05) is 13.2 Å². The van der Waals surface area contributed by atoms with Crippen LogP contribution in [0.5, 0.6) is 5.75 Å². The zero-order valence-electron chi connectivity index (χ0n) is 14.4. The van der Waals surface area contributed by atoms with Gasteiger partial charge in [-0.05, 0) is 43.3 Å². The van der Waals surface area contributed by atoms with Gasteiger partial charge in [-0.1, -0.05) is 23.4 Å². The molecule has 0 spiro atoms. The first-order valence-electron chi connectivity index (χ1n) is 8.11. The molecule has 0 saturated heterocycles. The highest BCUT2D eigenvalue weighted by Crippen LogP contribution is 2.11. The Morgan fingerprint density at radius 3 is 2.58 bits per heavy atom. The van der Waals surface area contributed by atoms with E-state index in [1.54, 1.807) is 30.5 Å². The van der Waals surface area contributed by atoms with E-state index in [0.29, 0.717) is 16.3 Å². The van der Waals surface area contributed by atoms with E-state index in [-0.39, 0.29) is 37.7 Å². The van der Waals surface area contributed by atoms with Gasteiger partial charge in [-0.3, -0.25) is 14.6 Å². The van der Waals surface area contributed by atoms with Gasteiger partial charge in [0.2, 0.25) is 5.91 Å². The number of Topliss-reactive ketones (excluding diaryl/α,β-unsaturated/α-hetero) is 1. The quantitative estimate of drug-likeness (QED) is 0.600. The average Bonchev–Trinajstić information content (AvgIpc) is 2.64. The van der Waals surface area contributed by atoms with E-state index >= 15 is 0 Å². The van der Waals surface area contributed by atoms with Crippen molar-refractivity contribution in [3.8, 4) is 17.6 Å². The van der Waals surface area contributed by atoms with E-state index in [1.807, 2.05) is 19.1 Å². The smallest absolute Gasteiger partial charge is 0.221 e. The number of ketones is 1. The van der Waals surface area contributed by atoms with Crippen molar-refractivity contribution in [3.63, 3.8) is 0 Å². The Kier molecular flexibility index (Phi) is 7.66. The number of hydrogen-bond acceptors (Lipinski definition) is 4. The molecule has 1 heterocycles. The number of benzene rings is 1. The number of nitrogens with zero attached hydrogens (tertiary/aromatic N) is 1. The molecule has 6 heteroatoms.